The minimum absolute atomic E-state index is 0.281. The van der Waals surface area contributed by atoms with Crippen LogP contribution >= 0.6 is 0 Å². The van der Waals surface area contributed by atoms with E-state index in [0.717, 1.165) is 22.6 Å². The van der Waals surface area contributed by atoms with Crippen LogP contribution in [0.2, 0.25) is 0 Å². The van der Waals surface area contributed by atoms with Crippen LogP contribution in [0, 0.1) is 0 Å². The standard InChI is InChI=1S/C17H12O/c18-16-6-2-4-12-8-9-14-13-5-1-3-11(13)7-10-15(14)17(12)16/h1,3-5,7-10H,2,6H2. The monoisotopic (exact) mass is 232 g/mol. The van der Waals surface area contributed by atoms with E-state index in [0.29, 0.717) is 6.42 Å². The van der Waals surface area contributed by atoms with E-state index in [1.807, 2.05) is 0 Å². The van der Waals surface area contributed by atoms with E-state index in [-0.39, 0.29) is 5.78 Å². The lowest BCUT2D eigenvalue weighted by Crippen LogP contribution is -2.20. The highest BCUT2D eigenvalue weighted by Crippen LogP contribution is 2.23. The Kier molecular flexibility index (Phi) is 1.87. The molecule has 0 unspecified atom stereocenters. The zero-order valence-corrected chi connectivity index (χ0v) is 9.94. The molecule has 1 heteroatoms. The molecule has 1 nitrogen and oxygen atoms in total. The lowest BCUT2D eigenvalue weighted by atomic mass is 9.91. The van der Waals surface area contributed by atoms with Gasteiger partial charge in [-0.25, -0.2) is 0 Å². The summed E-state index contributed by atoms with van der Waals surface area (Å²) >= 11 is 0. The molecule has 86 valence electrons. The van der Waals surface area contributed by atoms with Gasteiger partial charge < -0.3 is 0 Å². The van der Waals surface area contributed by atoms with Crippen LogP contribution in [0.3, 0.4) is 0 Å². The SMILES string of the molecule is O=C1CCC=c2ccc3c4c(ccc3c21)=CC=C4. The Hall–Kier alpha value is -2.15. The molecule has 0 fully saturated rings. The van der Waals surface area contributed by atoms with Crippen molar-refractivity contribution in [2.24, 2.45) is 0 Å². The summed E-state index contributed by atoms with van der Waals surface area (Å²) < 4.78 is 0. The Morgan fingerprint density at radius 2 is 1.78 bits per heavy atom. The Balaban J connectivity index is 2.24. The number of hydrogen-bond donors (Lipinski definition) is 0. The fourth-order valence-electron chi connectivity index (χ4n) is 3.01. The number of ketones is 1. The molecule has 0 spiro atoms. The average Bonchev–Trinajstić information content (AvgIpc) is 2.86. The lowest BCUT2D eigenvalue weighted by Gasteiger charge is -2.12. The van der Waals surface area contributed by atoms with Crippen molar-refractivity contribution in [2.75, 3.05) is 0 Å². The van der Waals surface area contributed by atoms with Gasteiger partial charge in [0.2, 0.25) is 0 Å². The molecule has 0 aliphatic heterocycles. The van der Waals surface area contributed by atoms with E-state index in [1.165, 1.54) is 16.2 Å². The minimum atomic E-state index is 0.281. The second kappa shape index (κ2) is 3.42. The van der Waals surface area contributed by atoms with Crippen LogP contribution in [-0.4, -0.2) is 5.78 Å². The third-order valence-electron chi connectivity index (χ3n) is 3.86. The molecule has 4 rings (SSSR count). The summed E-state index contributed by atoms with van der Waals surface area (Å²) in [5, 5.41) is 4.64. The van der Waals surface area contributed by atoms with Crippen molar-refractivity contribution < 1.29 is 4.79 Å². The van der Waals surface area contributed by atoms with Crippen LogP contribution in [0.5, 0.6) is 0 Å². The fourth-order valence-corrected chi connectivity index (χ4v) is 3.01. The molecular weight excluding hydrogens is 220 g/mol. The number of hydrogen-bond acceptors (Lipinski definition) is 1. The van der Waals surface area contributed by atoms with Gasteiger partial charge in [-0.15, -0.1) is 0 Å². The Bertz CT molecular complexity index is 838. The highest BCUT2D eigenvalue weighted by atomic mass is 16.1. The summed E-state index contributed by atoms with van der Waals surface area (Å²) in [4.78, 5) is 12.2. The summed E-state index contributed by atoms with van der Waals surface area (Å²) in [5.74, 6) is 0.281. The summed E-state index contributed by atoms with van der Waals surface area (Å²) in [5.41, 5.74) is 2.16. The number of carbonyl (C=O) groups excluding carboxylic acids is 1. The predicted molar refractivity (Wildman–Crippen MR) is 74.7 cm³/mol. The average molecular weight is 232 g/mol. The molecule has 18 heavy (non-hydrogen) atoms. The fraction of sp³-hybridized carbons (Fsp3) is 0.118. The summed E-state index contributed by atoms with van der Waals surface area (Å²) in [6.45, 7) is 0. The van der Waals surface area contributed by atoms with Gasteiger partial charge in [0.05, 0.1) is 0 Å². The molecule has 0 amide bonds. The topological polar surface area (TPSA) is 17.1 Å². The molecule has 0 saturated carbocycles. The maximum atomic E-state index is 12.2. The first kappa shape index (κ1) is 9.84. The Morgan fingerprint density at radius 1 is 0.944 bits per heavy atom. The summed E-state index contributed by atoms with van der Waals surface area (Å²) in [6.07, 6.45) is 9.99. The molecule has 0 heterocycles. The normalized spacial score (nSPS) is 16.1. The van der Waals surface area contributed by atoms with Gasteiger partial charge in [-0.05, 0) is 33.2 Å². The molecule has 0 aromatic heterocycles. The minimum Gasteiger partial charge on any atom is -0.294 e. The smallest absolute Gasteiger partial charge is 0.164 e. The quantitative estimate of drug-likeness (QED) is 0.681. The first-order valence-electron chi connectivity index (χ1n) is 6.32. The number of allylic oxidation sites excluding steroid dienone is 1. The highest BCUT2D eigenvalue weighted by Gasteiger charge is 2.16. The summed E-state index contributed by atoms with van der Waals surface area (Å²) in [6, 6.07) is 8.43. The second-order valence-electron chi connectivity index (χ2n) is 4.89. The third-order valence-corrected chi connectivity index (χ3v) is 3.86. The lowest BCUT2D eigenvalue weighted by molar-refractivity contribution is 0.0983. The van der Waals surface area contributed by atoms with Gasteiger partial charge in [0.15, 0.2) is 5.78 Å². The Morgan fingerprint density at radius 3 is 2.72 bits per heavy atom. The maximum Gasteiger partial charge on any atom is 0.164 e. The second-order valence-corrected chi connectivity index (χ2v) is 4.89. The largest absolute Gasteiger partial charge is 0.294 e. The Labute approximate surface area is 105 Å². The highest BCUT2D eigenvalue weighted by molar-refractivity contribution is 6.11. The van der Waals surface area contributed by atoms with Crippen LogP contribution in [0.15, 0.2) is 30.3 Å². The van der Waals surface area contributed by atoms with Crippen molar-refractivity contribution >= 4 is 34.8 Å². The number of carbonyl (C=O) groups is 1. The van der Waals surface area contributed by atoms with Crippen molar-refractivity contribution in [3.8, 4) is 0 Å². The zero-order chi connectivity index (χ0) is 12.1. The van der Waals surface area contributed by atoms with Gasteiger partial charge in [-0.1, -0.05) is 48.6 Å². The van der Waals surface area contributed by atoms with E-state index < -0.39 is 0 Å². The maximum absolute atomic E-state index is 12.2. The van der Waals surface area contributed by atoms with Crippen molar-refractivity contribution in [3.05, 3.63) is 51.9 Å². The molecule has 0 atom stereocenters. The molecular formula is C17H12O. The summed E-state index contributed by atoms with van der Waals surface area (Å²) in [7, 11) is 0. The van der Waals surface area contributed by atoms with Gasteiger partial charge in [0.1, 0.15) is 0 Å². The molecule has 2 aliphatic rings. The van der Waals surface area contributed by atoms with Gasteiger partial charge in [0, 0.05) is 12.0 Å². The molecule has 2 aliphatic carbocycles. The van der Waals surface area contributed by atoms with Crippen LogP contribution in [-0.2, 0) is 0 Å². The van der Waals surface area contributed by atoms with E-state index >= 15 is 0 Å². The van der Waals surface area contributed by atoms with Crippen molar-refractivity contribution in [2.45, 2.75) is 12.8 Å². The molecule has 2 aromatic rings. The van der Waals surface area contributed by atoms with Crippen molar-refractivity contribution in [1.82, 2.24) is 0 Å². The van der Waals surface area contributed by atoms with Crippen LogP contribution < -0.4 is 10.4 Å². The van der Waals surface area contributed by atoms with Crippen LogP contribution in [0.4, 0.5) is 0 Å². The van der Waals surface area contributed by atoms with Crippen molar-refractivity contribution in [3.63, 3.8) is 0 Å². The number of rotatable bonds is 0. The molecule has 0 N–H and O–H groups in total. The van der Waals surface area contributed by atoms with Gasteiger partial charge in [-0.3, -0.25) is 4.79 Å². The molecule has 0 saturated heterocycles. The van der Waals surface area contributed by atoms with E-state index in [9.17, 15) is 4.79 Å². The number of Topliss-reactive ketones (excluding diaryl/α,β-unsaturated/α-hetero) is 1. The van der Waals surface area contributed by atoms with E-state index in [2.05, 4.69) is 48.6 Å². The molecule has 0 radical (unpaired) electrons. The van der Waals surface area contributed by atoms with Crippen LogP contribution in [0.1, 0.15) is 28.8 Å². The predicted octanol–water partition coefficient (Wildman–Crippen LogP) is 2.40. The van der Waals surface area contributed by atoms with Gasteiger partial charge >= 0.3 is 0 Å². The number of fused-ring (bicyclic) bond motifs is 5. The number of benzene rings is 2. The van der Waals surface area contributed by atoms with E-state index in [1.54, 1.807) is 0 Å². The first-order valence-corrected chi connectivity index (χ1v) is 6.32. The van der Waals surface area contributed by atoms with Gasteiger partial charge in [0.25, 0.3) is 0 Å². The van der Waals surface area contributed by atoms with Crippen molar-refractivity contribution in [1.29, 1.82) is 0 Å². The van der Waals surface area contributed by atoms with Gasteiger partial charge in [-0.2, -0.15) is 0 Å². The zero-order valence-electron chi connectivity index (χ0n) is 9.94. The molecule has 0 bridgehead atoms. The molecule has 2 aromatic carbocycles. The first-order chi connectivity index (χ1) is 8.84. The van der Waals surface area contributed by atoms with Crippen LogP contribution in [0.25, 0.3) is 29.0 Å². The third kappa shape index (κ3) is 1.19. The van der Waals surface area contributed by atoms with E-state index in [4.69, 9.17) is 0 Å².